The number of aromatic nitrogens is 5. The van der Waals surface area contributed by atoms with Crippen LogP contribution < -0.4 is 10.9 Å². The van der Waals surface area contributed by atoms with Crippen LogP contribution in [0.1, 0.15) is 24.2 Å². The highest BCUT2D eigenvalue weighted by molar-refractivity contribution is 8.13. The van der Waals surface area contributed by atoms with Crippen LogP contribution in [-0.2, 0) is 0 Å². The largest absolute Gasteiger partial charge is 0.333 e. The number of aromatic amines is 1. The number of rotatable bonds is 7. The molecule has 2 aromatic heterocycles. The highest BCUT2D eigenvalue weighted by Gasteiger charge is 2.19. The number of fused-ring (bicyclic) bond motifs is 1. The molecule has 0 fully saturated rings. The average Bonchev–Trinajstić information content (AvgIpc) is 3.18. The highest BCUT2D eigenvalue weighted by atomic mass is 32.2. The fraction of sp³-hybridized carbons (Fsp3) is 0.136. The van der Waals surface area contributed by atoms with E-state index in [9.17, 15) is 13.7 Å². The van der Waals surface area contributed by atoms with Gasteiger partial charge in [-0.25, -0.2) is 9.49 Å². The quantitative estimate of drug-likeness (QED) is 0.357. The van der Waals surface area contributed by atoms with Gasteiger partial charge in [0.25, 0.3) is 5.56 Å². The summed E-state index contributed by atoms with van der Waals surface area (Å²) in [6.45, 7) is 5.35. The van der Waals surface area contributed by atoms with Gasteiger partial charge >= 0.3 is 0 Å². The standard InChI is InChI=1S/C22H21FN6O2S/c1-3-16(23)5-4-6-17-12-32(31)13-20-26-28-22(29(17)20)25-19-11-15(8-7-14(19)2)18-9-10-24-27-21(18)30/h3,5,7-13,31H,1,4,6H2,2H3,(H,25,28)(H,27,30)/b16-5+. The molecule has 0 saturated heterocycles. The number of aryl methyl sites for hydroxylation is 1. The van der Waals surface area contributed by atoms with E-state index >= 15 is 0 Å². The molecule has 4 rings (SSSR count). The van der Waals surface area contributed by atoms with E-state index in [2.05, 4.69) is 32.3 Å². The Kier molecular flexibility index (Phi) is 6.24. The molecule has 1 atom stereocenters. The molecule has 1 unspecified atom stereocenters. The lowest BCUT2D eigenvalue weighted by Crippen LogP contribution is -2.11. The Morgan fingerprint density at radius 1 is 1.38 bits per heavy atom. The van der Waals surface area contributed by atoms with Gasteiger partial charge in [-0.2, -0.15) is 5.10 Å². The topological polar surface area (TPSA) is 109 Å². The fourth-order valence-electron chi connectivity index (χ4n) is 3.30. The van der Waals surface area contributed by atoms with E-state index in [1.165, 1.54) is 12.3 Å². The number of anilines is 2. The molecule has 1 aliphatic heterocycles. The van der Waals surface area contributed by atoms with Crippen molar-refractivity contribution in [2.24, 2.45) is 0 Å². The molecule has 0 aliphatic carbocycles. The van der Waals surface area contributed by atoms with Gasteiger partial charge in [0.1, 0.15) is 5.83 Å². The summed E-state index contributed by atoms with van der Waals surface area (Å²) in [4.78, 5) is 12.1. The zero-order valence-corrected chi connectivity index (χ0v) is 18.1. The predicted octanol–water partition coefficient (Wildman–Crippen LogP) is 4.60. The maximum Gasteiger partial charge on any atom is 0.272 e. The molecule has 0 saturated carbocycles. The molecule has 0 amide bonds. The third-order valence-electron chi connectivity index (χ3n) is 4.91. The summed E-state index contributed by atoms with van der Waals surface area (Å²) >= 11 is 0. The molecule has 10 heteroatoms. The Bertz CT molecular complexity index is 1340. The summed E-state index contributed by atoms with van der Waals surface area (Å²) in [5.41, 5.74) is 3.40. The molecule has 3 N–H and O–H groups in total. The minimum atomic E-state index is -1.08. The molecule has 1 aliphatic rings. The van der Waals surface area contributed by atoms with Crippen LogP contribution in [0.3, 0.4) is 0 Å². The van der Waals surface area contributed by atoms with Crippen molar-refractivity contribution in [3.05, 3.63) is 82.2 Å². The molecule has 32 heavy (non-hydrogen) atoms. The van der Waals surface area contributed by atoms with Crippen LogP contribution in [0.5, 0.6) is 0 Å². The molecule has 3 aromatic rings. The molecular weight excluding hydrogens is 431 g/mol. The monoisotopic (exact) mass is 452 g/mol. The summed E-state index contributed by atoms with van der Waals surface area (Å²) in [5.74, 6) is 0.566. The lowest BCUT2D eigenvalue weighted by molar-refractivity contribution is 0.660. The Morgan fingerprint density at radius 2 is 2.22 bits per heavy atom. The second kappa shape index (κ2) is 9.25. The number of hydrogen-bond donors (Lipinski definition) is 3. The van der Waals surface area contributed by atoms with E-state index < -0.39 is 16.6 Å². The van der Waals surface area contributed by atoms with E-state index in [0.717, 1.165) is 28.6 Å². The van der Waals surface area contributed by atoms with Gasteiger partial charge in [-0.05, 0) is 65.9 Å². The van der Waals surface area contributed by atoms with Gasteiger partial charge in [-0.3, -0.25) is 9.36 Å². The van der Waals surface area contributed by atoms with Crippen LogP contribution >= 0.6 is 10.8 Å². The first-order valence-corrected chi connectivity index (χ1v) is 11.1. The average molecular weight is 453 g/mol. The van der Waals surface area contributed by atoms with Gasteiger partial charge in [0.05, 0.1) is 5.56 Å². The van der Waals surface area contributed by atoms with Crippen LogP contribution in [0, 0.1) is 6.92 Å². The Labute approximate surface area is 186 Å². The van der Waals surface area contributed by atoms with Gasteiger partial charge in [0, 0.05) is 28.4 Å². The van der Waals surface area contributed by atoms with Crippen LogP contribution in [0.25, 0.3) is 16.8 Å². The van der Waals surface area contributed by atoms with E-state index in [-0.39, 0.29) is 5.56 Å². The first-order chi connectivity index (χ1) is 15.5. The van der Waals surface area contributed by atoms with E-state index in [4.69, 9.17) is 0 Å². The number of halogens is 1. The minimum absolute atomic E-state index is 0.281. The summed E-state index contributed by atoms with van der Waals surface area (Å²) in [6.07, 6.45) is 5.03. The number of nitrogens with one attached hydrogen (secondary N) is 2. The molecular formula is C22H21FN6O2S. The van der Waals surface area contributed by atoms with Gasteiger partial charge < -0.3 is 9.87 Å². The van der Waals surface area contributed by atoms with Crippen molar-refractivity contribution < 1.29 is 8.94 Å². The maximum atomic E-state index is 13.4. The van der Waals surface area contributed by atoms with Crippen molar-refractivity contribution in [3.63, 3.8) is 0 Å². The summed E-state index contributed by atoms with van der Waals surface area (Å²) < 4.78 is 25.4. The van der Waals surface area contributed by atoms with E-state index in [1.54, 1.807) is 21.4 Å². The summed E-state index contributed by atoms with van der Waals surface area (Å²) in [5, 5.41) is 21.2. The predicted molar refractivity (Wildman–Crippen MR) is 127 cm³/mol. The van der Waals surface area contributed by atoms with Crippen LogP contribution in [0.4, 0.5) is 16.0 Å². The fourth-order valence-corrected chi connectivity index (χ4v) is 4.24. The van der Waals surface area contributed by atoms with Crippen molar-refractivity contribution in [1.82, 2.24) is 25.0 Å². The number of benzene rings is 1. The molecule has 1 aromatic carbocycles. The van der Waals surface area contributed by atoms with Crippen molar-refractivity contribution in [2.45, 2.75) is 19.8 Å². The minimum Gasteiger partial charge on any atom is -0.333 e. The Morgan fingerprint density at radius 3 is 3.00 bits per heavy atom. The van der Waals surface area contributed by atoms with Gasteiger partial charge in [0.15, 0.2) is 5.82 Å². The SMILES string of the molecule is C=C/C(F)=C\CCC1=CS(O)=Cc2nnc(Nc3cc(-c4ccn[nH]c4=O)ccc3C)n21. The first kappa shape index (κ1) is 21.6. The molecule has 3 heterocycles. The van der Waals surface area contributed by atoms with Crippen LogP contribution in [0.2, 0.25) is 0 Å². The lowest BCUT2D eigenvalue weighted by Gasteiger charge is -2.18. The number of hydrogen-bond acceptors (Lipinski definition) is 6. The first-order valence-electron chi connectivity index (χ1n) is 9.78. The third-order valence-corrected chi connectivity index (χ3v) is 5.88. The lowest BCUT2D eigenvalue weighted by atomic mass is 10.0. The molecule has 164 valence electrons. The van der Waals surface area contributed by atoms with Crippen molar-refractivity contribution >= 4 is 33.5 Å². The number of nitrogens with zero attached hydrogens (tertiary/aromatic N) is 4. The highest BCUT2D eigenvalue weighted by Crippen LogP contribution is 2.32. The second-order valence-electron chi connectivity index (χ2n) is 7.08. The zero-order valence-electron chi connectivity index (χ0n) is 17.2. The normalized spacial score (nSPS) is 15.5. The molecule has 0 spiro atoms. The van der Waals surface area contributed by atoms with Gasteiger partial charge in [0.2, 0.25) is 5.95 Å². The van der Waals surface area contributed by atoms with E-state index in [0.29, 0.717) is 30.2 Å². The van der Waals surface area contributed by atoms with Crippen molar-refractivity contribution in [2.75, 3.05) is 5.32 Å². The van der Waals surface area contributed by atoms with Crippen molar-refractivity contribution in [1.29, 1.82) is 0 Å². The molecule has 0 bridgehead atoms. The second-order valence-corrected chi connectivity index (χ2v) is 8.24. The van der Waals surface area contributed by atoms with Gasteiger partial charge in [-0.1, -0.05) is 18.7 Å². The summed E-state index contributed by atoms with van der Waals surface area (Å²) in [6, 6.07) is 7.28. The van der Waals surface area contributed by atoms with Gasteiger partial charge in [-0.15, -0.1) is 10.2 Å². The summed E-state index contributed by atoms with van der Waals surface area (Å²) in [7, 11) is -1.08. The third kappa shape index (κ3) is 4.51. The van der Waals surface area contributed by atoms with Crippen molar-refractivity contribution in [3.8, 4) is 11.1 Å². The smallest absolute Gasteiger partial charge is 0.272 e. The van der Waals surface area contributed by atoms with Crippen LogP contribution in [-0.4, -0.2) is 34.9 Å². The molecule has 0 radical (unpaired) electrons. The van der Waals surface area contributed by atoms with Crippen LogP contribution in [0.15, 0.2) is 65.2 Å². The van der Waals surface area contributed by atoms with E-state index in [1.807, 2.05) is 25.1 Å². The molecule has 8 nitrogen and oxygen atoms in total. The Hall–Kier alpha value is -3.63. The number of allylic oxidation sites excluding steroid dienone is 4. The Balaban J connectivity index is 1.67. The maximum absolute atomic E-state index is 13.4. The zero-order chi connectivity index (χ0) is 22.7. The number of H-pyrrole nitrogens is 1.